The maximum absolute atomic E-state index is 10.4. The molecule has 0 aliphatic carbocycles. The third-order valence-electron chi connectivity index (χ3n) is 1.45. The number of hydrogen-bond donors (Lipinski definition) is 1. The minimum atomic E-state index is -0.547. The van der Waals surface area contributed by atoms with Crippen molar-refractivity contribution in [3.63, 3.8) is 0 Å². The van der Waals surface area contributed by atoms with Gasteiger partial charge in [-0.2, -0.15) is 0 Å². The van der Waals surface area contributed by atoms with Crippen LogP contribution >= 0.6 is 24.0 Å². The first-order valence-corrected chi connectivity index (χ1v) is 3.60. The van der Waals surface area contributed by atoms with E-state index >= 15 is 0 Å². The van der Waals surface area contributed by atoms with Gasteiger partial charge in [0.2, 0.25) is 0 Å². The molecule has 0 radical (unpaired) electrons. The molecule has 0 spiro atoms. The number of nitro benzene ring substituents is 1. The molecule has 0 atom stereocenters. The topological polar surface area (TPSA) is 69.2 Å². The Labute approximate surface area is 86.2 Å². The van der Waals surface area contributed by atoms with Gasteiger partial charge in [-0.15, -0.1) is 12.4 Å². The summed E-state index contributed by atoms with van der Waals surface area (Å²) in [6.07, 6.45) is 0. The summed E-state index contributed by atoms with van der Waals surface area (Å²) in [5.41, 5.74) is 5.98. The van der Waals surface area contributed by atoms with E-state index in [1.165, 1.54) is 6.07 Å². The zero-order chi connectivity index (χ0) is 9.30. The highest BCUT2D eigenvalue weighted by Gasteiger charge is 2.14. The van der Waals surface area contributed by atoms with Crippen molar-refractivity contribution in [2.24, 2.45) is 0 Å². The molecule has 0 aliphatic rings. The lowest BCUT2D eigenvalue weighted by molar-refractivity contribution is -0.383. The smallest absolute Gasteiger partial charge is 0.293 e. The lowest BCUT2D eigenvalue weighted by Gasteiger charge is -2.00. The van der Waals surface area contributed by atoms with Crippen LogP contribution in [-0.4, -0.2) is 4.92 Å². The molecule has 0 heterocycles. The van der Waals surface area contributed by atoms with Crippen molar-refractivity contribution in [1.29, 1.82) is 0 Å². The lowest BCUT2D eigenvalue weighted by atomic mass is 10.2. The molecule has 0 bridgehead atoms. The van der Waals surface area contributed by atoms with Gasteiger partial charge in [-0.05, 0) is 18.6 Å². The quantitative estimate of drug-likeness (QED) is 0.451. The second kappa shape index (κ2) is 4.30. The van der Waals surface area contributed by atoms with Gasteiger partial charge in [0.25, 0.3) is 5.69 Å². The predicted octanol–water partition coefficient (Wildman–Crippen LogP) is 2.56. The first-order valence-electron chi connectivity index (χ1n) is 3.22. The predicted molar refractivity (Wildman–Crippen MR) is 54.5 cm³/mol. The van der Waals surface area contributed by atoms with E-state index < -0.39 is 4.92 Å². The molecule has 1 aromatic carbocycles. The Morgan fingerprint density at radius 2 is 2.08 bits per heavy atom. The maximum Gasteiger partial charge on any atom is 0.293 e. The second-order valence-corrected chi connectivity index (χ2v) is 2.84. The number of nitrogen functional groups attached to an aromatic ring is 1. The first-order chi connectivity index (χ1) is 5.52. The standard InChI is InChI=1S/C7H7ClN2O2.ClH/c1-4-2-5(8)7(9)6(3-4)10(11)12;/h2-3H,9H2,1H3;1H. The molecule has 0 aromatic heterocycles. The van der Waals surface area contributed by atoms with Gasteiger partial charge in [0, 0.05) is 6.07 Å². The van der Waals surface area contributed by atoms with Crippen LogP contribution in [0.15, 0.2) is 12.1 Å². The summed E-state index contributed by atoms with van der Waals surface area (Å²) in [5, 5.41) is 10.6. The van der Waals surface area contributed by atoms with Gasteiger partial charge in [-0.1, -0.05) is 11.6 Å². The summed E-state index contributed by atoms with van der Waals surface area (Å²) >= 11 is 5.63. The number of nitrogens with zero attached hydrogens (tertiary/aromatic N) is 1. The van der Waals surface area contributed by atoms with E-state index in [4.69, 9.17) is 17.3 Å². The highest BCUT2D eigenvalue weighted by molar-refractivity contribution is 6.33. The van der Waals surface area contributed by atoms with Crippen molar-refractivity contribution < 1.29 is 4.92 Å². The van der Waals surface area contributed by atoms with Crippen LogP contribution in [0.4, 0.5) is 11.4 Å². The lowest BCUT2D eigenvalue weighted by Crippen LogP contribution is -1.96. The molecule has 0 saturated heterocycles. The number of nitrogens with two attached hydrogens (primary N) is 1. The minimum Gasteiger partial charge on any atom is -0.392 e. The van der Waals surface area contributed by atoms with Gasteiger partial charge in [-0.25, -0.2) is 0 Å². The van der Waals surface area contributed by atoms with E-state index in [1.54, 1.807) is 13.0 Å². The third kappa shape index (κ3) is 2.47. The zero-order valence-corrected chi connectivity index (χ0v) is 8.35. The van der Waals surface area contributed by atoms with Gasteiger partial charge in [0.05, 0.1) is 9.95 Å². The van der Waals surface area contributed by atoms with Gasteiger partial charge in [-0.3, -0.25) is 10.1 Å². The van der Waals surface area contributed by atoms with Crippen LogP contribution in [0, 0.1) is 17.0 Å². The molecule has 1 rings (SSSR count). The highest BCUT2D eigenvalue weighted by atomic mass is 35.5. The minimum absolute atomic E-state index is 0. The van der Waals surface area contributed by atoms with Crippen LogP contribution in [0.1, 0.15) is 5.56 Å². The molecule has 0 amide bonds. The molecule has 72 valence electrons. The molecular formula is C7H8Cl2N2O2. The van der Waals surface area contributed by atoms with Gasteiger partial charge < -0.3 is 5.73 Å². The van der Waals surface area contributed by atoms with E-state index in [-0.39, 0.29) is 28.8 Å². The van der Waals surface area contributed by atoms with E-state index in [2.05, 4.69) is 0 Å². The Bertz CT molecular complexity index is 342. The van der Waals surface area contributed by atoms with Gasteiger partial charge >= 0.3 is 0 Å². The average Bonchev–Trinajstić information content (AvgIpc) is 1.96. The molecule has 13 heavy (non-hydrogen) atoms. The van der Waals surface area contributed by atoms with Crippen LogP contribution in [0.3, 0.4) is 0 Å². The van der Waals surface area contributed by atoms with Gasteiger partial charge in [0.15, 0.2) is 0 Å². The van der Waals surface area contributed by atoms with Crippen LogP contribution in [0.25, 0.3) is 0 Å². The average molecular weight is 223 g/mol. The summed E-state index contributed by atoms with van der Waals surface area (Å²) in [7, 11) is 0. The number of aryl methyl sites for hydroxylation is 1. The van der Waals surface area contributed by atoms with E-state index in [1.807, 2.05) is 0 Å². The Morgan fingerprint density at radius 3 is 2.54 bits per heavy atom. The van der Waals surface area contributed by atoms with Crippen molar-refractivity contribution in [1.82, 2.24) is 0 Å². The van der Waals surface area contributed by atoms with E-state index in [0.717, 1.165) is 5.56 Å². The molecule has 1 aromatic rings. The second-order valence-electron chi connectivity index (χ2n) is 2.44. The van der Waals surface area contributed by atoms with Crippen LogP contribution in [0.5, 0.6) is 0 Å². The van der Waals surface area contributed by atoms with Gasteiger partial charge in [0.1, 0.15) is 5.69 Å². The van der Waals surface area contributed by atoms with Crippen LogP contribution in [-0.2, 0) is 0 Å². The van der Waals surface area contributed by atoms with E-state index in [0.29, 0.717) is 0 Å². The van der Waals surface area contributed by atoms with Crippen molar-refractivity contribution in [2.75, 3.05) is 5.73 Å². The summed E-state index contributed by atoms with van der Waals surface area (Å²) in [6.45, 7) is 1.72. The van der Waals surface area contributed by atoms with Crippen LogP contribution < -0.4 is 5.73 Å². The number of anilines is 1. The Hall–Kier alpha value is -1.00. The Morgan fingerprint density at radius 1 is 1.54 bits per heavy atom. The molecule has 0 unspecified atom stereocenters. The third-order valence-corrected chi connectivity index (χ3v) is 1.76. The summed E-state index contributed by atoms with van der Waals surface area (Å²) in [6, 6.07) is 2.98. The molecule has 0 fully saturated rings. The molecule has 6 heteroatoms. The van der Waals surface area contributed by atoms with Crippen LogP contribution in [0.2, 0.25) is 5.02 Å². The fourth-order valence-corrected chi connectivity index (χ4v) is 1.16. The maximum atomic E-state index is 10.4. The first kappa shape index (κ1) is 12.0. The van der Waals surface area contributed by atoms with Crippen molar-refractivity contribution >= 4 is 35.4 Å². The largest absolute Gasteiger partial charge is 0.392 e. The van der Waals surface area contributed by atoms with Crippen molar-refractivity contribution in [3.05, 3.63) is 32.8 Å². The van der Waals surface area contributed by atoms with Crippen molar-refractivity contribution in [3.8, 4) is 0 Å². The summed E-state index contributed by atoms with van der Waals surface area (Å²) in [5.74, 6) is 0. The van der Waals surface area contributed by atoms with Crippen molar-refractivity contribution in [2.45, 2.75) is 6.92 Å². The molecule has 4 nitrogen and oxygen atoms in total. The summed E-state index contributed by atoms with van der Waals surface area (Å²) < 4.78 is 0. The molecular weight excluding hydrogens is 215 g/mol. The zero-order valence-electron chi connectivity index (χ0n) is 6.78. The fourth-order valence-electron chi connectivity index (χ4n) is 0.886. The SMILES string of the molecule is Cc1cc(Cl)c(N)c([N+](=O)[O-])c1.Cl. The summed E-state index contributed by atoms with van der Waals surface area (Å²) in [4.78, 5) is 9.85. The normalized spacial score (nSPS) is 9.08. The number of hydrogen-bond acceptors (Lipinski definition) is 3. The number of nitro groups is 1. The monoisotopic (exact) mass is 222 g/mol. The fraction of sp³-hybridized carbons (Fsp3) is 0.143. The Balaban J connectivity index is 0.00000144. The number of rotatable bonds is 1. The molecule has 0 saturated carbocycles. The number of halogens is 2. The Kier molecular flexibility index (Phi) is 3.97. The molecule has 2 N–H and O–H groups in total. The molecule has 0 aliphatic heterocycles. The number of benzene rings is 1. The highest BCUT2D eigenvalue weighted by Crippen LogP contribution is 2.30. The van der Waals surface area contributed by atoms with E-state index in [9.17, 15) is 10.1 Å².